The van der Waals surface area contributed by atoms with E-state index in [-0.39, 0.29) is 26.1 Å². The van der Waals surface area contributed by atoms with Gasteiger partial charge in [-0.15, -0.1) is 0 Å². The Labute approximate surface area is 208 Å². The van der Waals surface area contributed by atoms with Gasteiger partial charge in [0.15, 0.2) is 0 Å². The van der Waals surface area contributed by atoms with E-state index in [0.29, 0.717) is 5.56 Å². The predicted molar refractivity (Wildman–Crippen MR) is 122 cm³/mol. The molecule has 0 amide bonds. The first-order valence-corrected chi connectivity index (χ1v) is 11.9. The molecule has 35 heavy (non-hydrogen) atoms. The lowest BCUT2D eigenvalue weighted by molar-refractivity contribution is -0.275. The molecule has 0 saturated heterocycles. The SMILES string of the molecule is N#Cc1ccc(S(=O)(=O)OC2=NOC(c3cc(Cl)cc(Cl)c3)(C(F)(F)F)C2)c(-c2ccccc2)c1. The van der Waals surface area contributed by atoms with Crippen molar-refractivity contribution < 1.29 is 30.6 Å². The molecule has 0 aromatic heterocycles. The summed E-state index contributed by atoms with van der Waals surface area (Å²) in [5, 5.41) is 12.4. The number of benzene rings is 3. The summed E-state index contributed by atoms with van der Waals surface area (Å²) < 4.78 is 73.7. The third kappa shape index (κ3) is 4.80. The van der Waals surface area contributed by atoms with E-state index in [1.807, 2.05) is 6.07 Å². The average Bonchev–Trinajstić information content (AvgIpc) is 3.23. The van der Waals surface area contributed by atoms with Crippen molar-refractivity contribution in [3.05, 3.63) is 87.9 Å². The van der Waals surface area contributed by atoms with Crippen molar-refractivity contribution in [1.29, 1.82) is 5.26 Å². The molecule has 1 heterocycles. The molecule has 3 aromatic carbocycles. The smallest absolute Gasteiger partial charge is 0.371 e. The van der Waals surface area contributed by atoms with Crippen LogP contribution in [0.15, 0.2) is 76.8 Å². The van der Waals surface area contributed by atoms with Gasteiger partial charge in [-0.2, -0.15) is 26.9 Å². The van der Waals surface area contributed by atoms with E-state index in [1.165, 1.54) is 18.2 Å². The molecule has 1 aliphatic rings. The molecule has 1 unspecified atom stereocenters. The van der Waals surface area contributed by atoms with Gasteiger partial charge in [0.25, 0.3) is 11.5 Å². The molecular weight excluding hydrogens is 528 g/mol. The third-order valence-electron chi connectivity index (χ3n) is 5.16. The van der Waals surface area contributed by atoms with Crippen molar-refractivity contribution in [2.24, 2.45) is 5.16 Å². The molecule has 0 aliphatic carbocycles. The van der Waals surface area contributed by atoms with E-state index in [0.717, 1.165) is 18.2 Å². The van der Waals surface area contributed by atoms with Crippen molar-refractivity contribution in [3.8, 4) is 17.2 Å². The van der Waals surface area contributed by atoms with Crippen LogP contribution < -0.4 is 0 Å². The second-order valence-corrected chi connectivity index (χ2v) is 9.85. The molecule has 4 rings (SSSR count). The molecule has 3 aromatic rings. The minimum atomic E-state index is -5.02. The highest BCUT2D eigenvalue weighted by Crippen LogP contribution is 2.49. The second kappa shape index (κ2) is 9.07. The van der Waals surface area contributed by atoms with Gasteiger partial charge in [0.1, 0.15) is 4.90 Å². The number of hydrogen-bond acceptors (Lipinski definition) is 6. The number of nitriles is 1. The first kappa shape index (κ1) is 24.9. The van der Waals surface area contributed by atoms with Gasteiger partial charge in [0.05, 0.1) is 18.1 Å². The summed E-state index contributed by atoms with van der Waals surface area (Å²) in [6.07, 6.45) is -6.10. The first-order valence-electron chi connectivity index (χ1n) is 9.77. The van der Waals surface area contributed by atoms with Crippen molar-refractivity contribution in [2.75, 3.05) is 0 Å². The van der Waals surface area contributed by atoms with Crippen molar-refractivity contribution in [2.45, 2.75) is 23.1 Å². The van der Waals surface area contributed by atoms with Crippen LogP contribution in [0, 0.1) is 11.3 Å². The van der Waals surface area contributed by atoms with Crippen LogP contribution >= 0.6 is 23.2 Å². The summed E-state index contributed by atoms with van der Waals surface area (Å²) in [4.78, 5) is 4.40. The quantitative estimate of drug-likeness (QED) is 0.356. The van der Waals surface area contributed by atoms with E-state index in [9.17, 15) is 26.9 Å². The zero-order valence-electron chi connectivity index (χ0n) is 17.4. The maximum absolute atomic E-state index is 14.1. The number of oxime groups is 1. The zero-order valence-corrected chi connectivity index (χ0v) is 19.7. The standard InChI is InChI=1S/C23H13Cl2F3N2O4S/c24-17-9-16(10-18(25)11-17)22(23(26,27)28)12-21(30-34-22)33-35(31,32)20-7-6-14(13-29)8-19(20)15-4-2-1-3-5-15/h1-11H,12H2. The molecule has 0 spiro atoms. The highest BCUT2D eigenvalue weighted by Gasteiger charge is 2.63. The van der Waals surface area contributed by atoms with Gasteiger partial charge in [0, 0.05) is 21.2 Å². The lowest BCUT2D eigenvalue weighted by Gasteiger charge is -2.29. The molecular formula is C23H13Cl2F3N2O4S. The van der Waals surface area contributed by atoms with Crippen LogP contribution in [0.3, 0.4) is 0 Å². The van der Waals surface area contributed by atoms with E-state index in [4.69, 9.17) is 32.2 Å². The number of nitrogens with zero attached hydrogens (tertiary/aromatic N) is 2. The summed E-state index contributed by atoms with van der Waals surface area (Å²) in [7, 11) is -4.68. The fourth-order valence-electron chi connectivity index (χ4n) is 3.54. The van der Waals surface area contributed by atoms with Gasteiger partial charge < -0.3 is 9.02 Å². The van der Waals surface area contributed by atoms with Crippen LogP contribution in [0.25, 0.3) is 11.1 Å². The monoisotopic (exact) mass is 540 g/mol. The van der Waals surface area contributed by atoms with E-state index in [1.54, 1.807) is 30.3 Å². The van der Waals surface area contributed by atoms with Gasteiger partial charge in [-0.25, -0.2) is 0 Å². The maximum atomic E-state index is 14.1. The van der Waals surface area contributed by atoms with Gasteiger partial charge >= 0.3 is 16.3 Å². The minimum Gasteiger partial charge on any atom is -0.371 e. The Kier molecular flexibility index (Phi) is 6.44. The lowest BCUT2D eigenvalue weighted by Crippen LogP contribution is -2.43. The van der Waals surface area contributed by atoms with Gasteiger partial charge in [-0.1, -0.05) is 53.5 Å². The maximum Gasteiger partial charge on any atom is 0.435 e. The molecule has 0 bridgehead atoms. The van der Waals surface area contributed by atoms with E-state index >= 15 is 0 Å². The van der Waals surface area contributed by atoms with Crippen molar-refractivity contribution in [3.63, 3.8) is 0 Å². The number of halogens is 5. The Morgan fingerprint density at radius 3 is 2.29 bits per heavy atom. The highest BCUT2D eigenvalue weighted by molar-refractivity contribution is 7.87. The Balaban J connectivity index is 1.71. The number of alkyl halides is 3. The molecule has 1 atom stereocenters. The van der Waals surface area contributed by atoms with E-state index in [2.05, 4.69) is 5.16 Å². The number of hydrogen-bond donors (Lipinski definition) is 0. The van der Waals surface area contributed by atoms with Crippen LogP contribution in [0.4, 0.5) is 13.2 Å². The summed E-state index contributed by atoms with van der Waals surface area (Å²) in [6, 6.07) is 17.2. The normalized spacial score (nSPS) is 17.9. The molecule has 0 fully saturated rings. The molecule has 0 saturated carbocycles. The van der Waals surface area contributed by atoms with Crippen LogP contribution in [-0.2, 0) is 24.7 Å². The van der Waals surface area contributed by atoms with Crippen LogP contribution in [0.1, 0.15) is 17.5 Å². The molecule has 12 heteroatoms. The Bertz CT molecular complexity index is 1450. The predicted octanol–water partition coefficient (Wildman–Crippen LogP) is 6.43. The summed E-state index contributed by atoms with van der Waals surface area (Å²) >= 11 is 11.7. The zero-order chi connectivity index (χ0) is 25.4. The van der Waals surface area contributed by atoms with Crippen molar-refractivity contribution in [1.82, 2.24) is 0 Å². The van der Waals surface area contributed by atoms with Gasteiger partial charge in [-0.05, 0) is 47.1 Å². The summed E-state index contributed by atoms with van der Waals surface area (Å²) in [5.74, 6) is -0.818. The largest absolute Gasteiger partial charge is 0.435 e. The average molecular weight is 541 g/mol. The lowest BCUT2D eigenvalue weighted by atomic mass is 9.90. The van der Waals surface area contributed by atoms with Crippen LogP contribution in [-0.4, -0.2) is 20.5 Å². The van der Waals surface area contributed by atoms with E-state index < -0.39 is 39.8 Å². The number of rotatable bonds is 4. The topological polar surface area (TPSA) is 88.8 Å². The Morgan fingerprint density at radius 1 is 1.03 bits per heavy atom. The van der Waals surface area contributed by atoms with Crippen molar-refractivity contribution >= 4 is 39.2 Å². The third-order valence-corrected chi connectivity index (χ3v) is 6.90. The van der Waals surface area contributed by atoms with Crippen LogP contribution in [0.2, 0.25) is 10.0 Å². The molecule has 1 aliphatic heterocycles. The Hall–Kier alpha value is -3.26. The first-order chi connectivity index (χ1) is 16.4. The summed E-state index contributed by atoms with van der Waals surface area (Å²) in [5.41, 5.74) is -2.76. The Morgan fingerprint density at radius 2 is 1.69 bits per heavy atom. The molecule has 0 radical (unpaired) electrons. The highest BCUT2D eigenvalue weighted by atomic mass is 35.5. The second-order valence-electron chi connectivity index (χ2n) is 7.46. The fraction of sp³-hybridized carbons (Fsp3) is 0.130. The fourth-order valence-corrected chi connectivity index (χ4v) is 5.18. The minimum absolute atomic E-state index is 0.0770. The molecule has 6 nitrogen and oxygen atoms in total. The molecule has 0 N–H and O–H groups in total. The van der Waals surface area contributed by atoms with Gasteiger partial charge in [-0.3, -0.25) is 0 Å². The van der Waals surface area contributed by atoms with Crippen LogP contribution in [0.5, 0.6) is 0 Å². The molecule has 180 valence electrons. The van der Waals surface area contributed by atoms with Gasteiger partial charge in [0.2, 0.25) is 0 Å². The summed E-state index contributed by atoms with van der Waals surface area (Å²) in [6.45, 7) is 0.